The van der Waals surface area contributed by atoms with Gasteiger partial charge >= 0.3 is 18.6 Å². The van der Waals surface area contributed by atoms with Crippen molar-refractivity contribution in [3.63, 3.8) is 0 Å². The van der Waals surface area contributed by atoms with Gasteiger partial charge in [-0.1, -0.05) is 43.5 Å². The number of nitrogens with one attached hydrogen (secondary N) is 1. The maximum absolute atomic E-state index is 13.0. The van der Waals surface area contributed by atoms with E-state index >= 15 is 0 Å². The molecular weight excluding hydrogens is 470 g/mol. The van der Waals surface area contributed by atoms with Crippen LogP contribution in [0.1, 0.15) is 49.9 Å². The summed E-state index contributed by atoms with van der Waals surface area (Å²) >= 11 is 12.0. The van der Waals surface area contributed by atoms with Gasteiger partial charge in [-0.05, 0) is 36.4 Å². The van der Waals surface area contributed by atoms with Gasteiger partial charge in [0.1, 0.15) is 17.9 Å². The highest BCUT2D eigenvalue weighted by Gasteiger charge is 2.77. The average molecular weight is 497 g/mol. The summed E-state index contributed by atoms with van der Waals surface area (Å²) in [5.41, 5.74) is 0.175. The SMILES string of the molecule is CC(C)C[C@H](CC(=O)CNC(=O)c1cc(Cl)ccc1Cl)[B-]12OC(=O)[C@H]3CC[C@H](C(=O)O1)[N+]32C. The van der Waals surface area contributed by atoms with Crippen molar-refractivity contribution in [2.45, 2.75) is 57.4 Å². The van der Waals surface area contributed by atoms with Crippen molar-refractivity contribution in [2.75, 3.05) is 13.6 Å². The molecule has 1 N–H and O–H groups in total. The Kier molecular flexibility index (Phi) is 6.26. The van der Waals surface area contributed by atoms with E-state index in [-0.39, 0.29) is 51.6 Å². The number of carbonyl (C=O) groups is 4. The molecular formula is C22H27BCl2N2O6. The van der Waals surface area contributed by atoms with E-state index in [0.29, 0.717) is 24.3 Å². The average Bonchev–Trinajstić information content (AvgIpc) is 3.28. The van der Waals surface area contributed by atoms with Crippen LogP contribution >= 0.6 is 23.2 Å². The van der Waals surface area contributed by atoms with Crippen molar-refractivity contribution < 1.29 is 32.9 Å². The monoisotopic (exact) mass is 496 g/mol. The maximum Gasteiger partial charge on any atom is 0.587 e. The van der Waals surface area contributed by atoms with Gasteiger partial charge in [0.05, 0.1) is 17.1 Å². The van der Waals surface area contributed by atoms with Crippen molar-refractivity contribution in [3.8, 4) is 0 Å². The molecule has 8 nitrogen and oxygen atoms in total. The molecule has 0 bridgehead atoms. The number of amides is 1. The van der Waals surface area contributed by atoms with Gasteiger partial charge < -0.3 is 19.0 Å². The molecule has 0 spiro atoms. The van der Waals surface area contributed by atoms with Crippen LogP contribution in [0, 0.1) is 5.92 Å². The Morgan fingerprint density at radius 3 is 2.33 bits per heavy atom. The normalized spacial score (nSPS) is 30.7. The molecule has 33 heavy (non-hydrogen) atoms. The number of hydrogen-bond donors (Lipinski definition) is 1. The molecule has 3 fully saturated rings. The van der Waals surface area contributed by atoms with Crippen LogP contribution in [-0.4, -0.2) is 60.4 Å². The van der Waals surface area contributed by atoms with Crippen molar-refractivity contribution in [3.05, 3.63) is 33.8 Å². The molecule has 3 heterocycles. The predicted molar refractivity (Wildman–Crippen MR) is 123 cm³/mol. The van der Waals surface area contributed by atoms with Crippen LogP contribution in [0.3, 0.4) is 0 Å². The Hall–Kier alpha value is -2.10. The van der Waals surface area contributed by atoms with E-state index in [1.165, 1.54) is 12.1 Å². The fourth-order valence-corrected chi connectivity index (χ4v) is 6.36. The van der Waals surface area contributed by atoms with Crippen LogP contribution < -0.4 is 5.32 Å². The van der Waals surface area contributed by atoms with E-state index < -0.39 is 30.5 Å². The Balaban J connectivity index is 1.52. The Bertz CT molecular complexity index is 1010. The Morgan fingerprint density at radius 2 is 1.76 bits per heavy atom. The van der Waals surface area contributed by atoms with Crippen LogP contribution in [0.4, 0.5) is 0 Å². The number of halogens is 2. The highest BCUT2D eigenvalue weighted by atomic mass is 35.5. The fourth-order valence-electron chi connectivity index (χ4n) is 5.99. The molecule has 0 aromatic heterocycles. The van der Waals surface area contributed by atoms with E-state index in [2.05, 4.69) is 5.32 Å². The summed E-state index contributed by atoms with van der Waals surface area (Å²) < 4.78 is 11.8. The molecule has 0 aliphatic carbocycles. The Labute approximate surface area is 202 Å². The molecule has 1 aromatic carbocycles. The topological polar surface area (TPSA) is 98.8 Å². The molecule has 3 aliphatic heterocycles. The zero-order valence-corrected chi connectivity index (χ0v) is 20.3. The molecule has 0 unspecified atom stereocenters. The predicted octanol–water partition coefficient (Wildman–Crippen LogP) is 3.13. The number of carbonyl (C=O) groups excluding carboxylic acids is 4. The van der Waals surface area contributed by atoms with Gasteiger partial charge in [-0.2, -0.15) is 0 Å². The number of Topliss-reactive ketones (excluding diaryl/α,β-unsaturated/α-hetero) is 1. The second kappa shape index (κ2) is 8.60. The minimum atomic E-state index is -2.38. The van der Waals surface area contributed by atoms with Crippen molar-refractivity contribution in [1.82, 2.24) is 5.32 Å². The second-order valence-electron chi connectivity index (χ2n) is 9.87. The summed E-state index contributed by atoms with van der Waals surface area (Å²) in [6, 6.07) is 3.61. The van der Waals surface area contributed by atoms with Crippen molar-refractivity contribution >= 4 is 53.5 Å². The molecule has 0 radical (unpaired) electrons. The van der Waals surface area contributed by atoms with Gasteiger partial charge in [0.15, 0.2) is 0 Å². The Morgan fingerprint density at radius 1 is 1.15 bits per heavy atom. The summed E-state index contributed by atoms with van der Waals surface area (Å²) in [5.74, 6) is -1.81. The lowest BCUT2D eigenvalue weighted by atomic mass is 9.51. The van der Waals surface area contributed by atoms with Crippen LogP contribution in [-0.2, 0) is 23.7 Å². The lowest BCUT2D eigenvalue weighted by molar-refractivity contribution is -0.829. The van der Waals surface area contributed by atoms with Gasteiger partial charge in [0.2, 0.25) is 0 Å². The number of rotatable bonds is 8. The van der Waals surface area contributed by atoms with Crippen molar-refractivity contribution in [2.24, 2.45) is 5.92 Å². The largest absolute Gasteiger partial charge is 0.600 e. The minimum absolute atomic E-state index is 0.00950. The molecule has 4 rings (SSSR count). The standard InChI is InChI=1S/C22H27BCl2N2O6/c1-12(2)8-13(9-15(28)11-26-20(29)16-10-14(24)4-5-17(16)25)23-27(3)18(21(30)32-23)6-7-19(27)22(31)33-23/h4-5,10,12-13,18-19H,6-9,11H2,1-3H3,(H,26,29)/t13-,18-,19-,23?,27?/m1/s1. The van der Waals surface area contributed by atoms with Gasteiger partial charge in [0.25, 0.3) is 5.91 Å². The molecule has 11 heteroatoms. The zero-order valence-electron chi connectivity index (χ0n) is 18.8. The molecule has 178 valence electrons. The number of benzene rings is 1. The summed E-state index contributed by atoms with van der Waals surface area (Å²) in [6.45, 7) is 1.38. The van der Waals surface area contributed by atoms with Crippen LogP contribution in [0.5, 0.6) is 0 Å². The number of ketones is 1. The van der Waals surface area contributed by atoms with Crippen LogP contribution in [0.15, 0.2) is 18.2 Å². The summed E-state index contributed by atoms with van der Waals surface area (Å²) in [7, 11) is 1.85. The summed E-state index contributed by atoms with van der Waals surface area (Å²) in [5, 5.41) is 3.16. The quantitative estimate of drug-likeness (QED) is 0.555. The highest BCUT2D eigenvalue weighted by Crippen LogP contribution is 2.55. The third-order valence-electron chi connectivity index (χ3n) is 7.43. The second-order valence-corrected chi connectivity index (χ2v) is 10.7. The molecule has 1 aromatic rings. The van der Waals surface area contributed by atoms with Crippen LogP contribution in [0.25, 0.3) is 0 Å². The number of nitrogens with zero attached hydrogens (tertiary/aromatic N) is 1. The number of likely N-dealkylation sites (N-methyl/N-ethyl adjacent to an activating group) is 1. The molecule has 3 atom stereocenters. The molecule has 0 saturated carbocycles. The van der Waals surface area contributed by atoms with E-state index in [1.54, 1.807) is 6.07 Å². The molecule has 3 aliphatic rings. The number of hydrogen-bond acceptors (Lipinski definition) is 6. The first-order chi connectivity index (χ1) is 15.5. The van der Waals surface area contributed by atoms with E-state index in [9.17, 15) is 19.2 Å². The first-order valence-corrected chi connectivity index (χ1v) is 12.0. The third kappa shape index (κ3) is 3.84. The molecule has 3 saturated heterocycles. The fraction of sp³-hybridized carbons (Fsp3) is 0.545. The van der Waals surface area contributed by atoms with Gasteiger partial charge in [0, 0.05) is 24.9 Å². The first-order valence-electron chi connectivity index (χ1n) is 11.2. The first kappa shape index (κ1) is 24.0. The van der Waals surface area contributed by atoms with Crippen molar-refractivity contribution in [1.29, 1.82) is 0 Å². The lowest BCUT2D eigenvalue weighted by Gasteiger charge is -2.47. The lowest BCUT2D eigenvalue weighted by Crippen LogP contribution is -2.66. The highest BCUT2D eigenvalue weighted by molar-refractivity contribution is 6.68. The maximum atomic E-state index is 13.0. The molecule has 1 amide bonds. The van der Waals surface area contributed by atoms with Gasteiger partial charge in [-0.3, -0.25) is 9.59 Å². The smallest absolute Gasteiger partial charge is 0.587 e. The zero-order chi connectivity index (χ0) is 24.1. The van der Waals surface area contributed by atoms with Gasteiger partial charge in [-0.25, -0.2) is 9.59 Å². The van der Waals surface area contributed by atoms with E-state index in [4.69, 9.17) is 32.5 Å². The minimum Gasteiger partial charge on any atom is -0.600 e. The van der Waals surface area contributed by atoms with E-state index in [0.717, 1.165) is 0 Å². The van der Waals surface area contributed by atoms with Gasteiger partial charge in [-0.15, -0.1) is 0 Å². The van der Waals surface area contributed by atoms with E-state index in [1.807, 2.05) is 20.9 Å². The summed E-state index contributed by atoms with van der Waals surface area (Å²) in [6.07, 6.45) is 1.68. The summed E-state index contributed by atoms with van der Waals surface area (Å²) in [4.78, 5) is 50.9. The third-order valence-corrected chi connectivity index (χ3v) is 7.99. The van der Waals surface area contributed by atoms with Crippen LogP contribution in [0.2, 0.25) is 15.9 Å². The number of quaternary nitrogens is 1.